The van der Waals surface area contributed by atoms with E-state index in [9.17, 15) is 0 Å². The van der Waals surface area contributed by atoms with Gasteiger partial charge >= 0.3 is 0 Å². The Morgan fingerprint density at radius 3 is 1.82 bits per heavy atom. The molecule has 4 heteroatoms. The summed E-state index contributed by atoms with van der Waals surface area (Å²) in [6.45, 7) is 34.4. The maximum Gasteiger partial charge on any atom is 0.252 e. The van der Waals surface area contributed by atoms with E-state index in [4.69, 9.17) is 4.42 Å². The van der Waals surface area contributed by atoms with Gasteiger partial charge in [0.2, 0.25) is 0 Å². The third kappa shape index (κ3) is 7.27. The highest BCUT2D eigenvalue weighted by molar-refractivity contribution is 7.00. The first-order valence-electron chi connectivity index (χ1n) is 31.3. The third-order valence-electron chi connectivity index (χ3n) is 22.8. The molecule has 0 N–H and O–H groups in total. The van der Waals surface area contributed by atoms with Crippen molar-refractivity contribution in [3.05, 3.63) is 196 Å². The summed E-state index contributed by atoms with van der Waals surface area (Å²) < 4.78 is 6.80. The lowest BCUT2D eigenvalue weighted by Gasteiger charge is -2.49. The minimum atomic E-state index is -0.00443. The molecule has 0 radical (unpaired) electrons. The second-order valence-corrected chi connectivity index (χ2v) is 30.6. The maximum absolute atomic E-state index is 6.80. The van der Waals surface area contributed by atoms with E-state index in [1.807, 2.05) is 0 Å². The average molecular weight is 1080 g/mol. The number of aryl methyl sites for hydroxylation is 1. The first-order valence-corrected chi connectivity index (χ1v) is 31.3. The monoisotopic (exact) mass is 1070 g/mol. The summed E-state index contributed by atoms with van der Waals surface area (Å²) in [5.41, 5.74) is 29.7. The first-order chi connectivity index (χ1) is 38.9. The molecule has 0 amide bonds. The molecule has 0 bridgehead atoms. The summed E-state index contributed by atoms with van der Waals surface area (Å²) in [5.74, 6) is 0.222. The highest BCUT2D eigenvalue weighted by Crippen LogP contribution is 2.67. The van der Waals surface area contributed by atoms with Crippen LogP contribution in [0.4, 0.5) is 34.1 Å². The zero-order valence-corrected chi connectivity index (χ0v) is 51.5. The molecule has 8 aromatic carbocycles. The van der Waals surface area contributed by atoms with Crippen LogP contribution in [0.15, 0.2) is 150 Å². The molecule has 82 heavy (non-hydrogen) atoms. The van der Waals surface area contributed by atoms with E-state index >= 15 is 0 Å². The van der Waals surface area contributed by atoms with Gasteiger partial charge in [-0.25, -0.2) is 0 Å². The van der Waals surface area contributed by atoms with Gasteiger partial charge in [-0.3, -0.25) is 0 Å². The summed E-state index contributed by atoms with van der Waals surface area (Å²) in [4.78, 5) is 5.41. The molecule has 9 aromatic rings. The summed E-state index contributed by atoms with van der Waals surface area (Å²) in [7, 11) is 0. The third-order valence-corrected chi connectivity index (χ3v) is 22.8. The van der Waals surface area contributed by atoms with Crippen LogP contribution in [0, 0.1) is 12.3 Å². The van der Waals surface area contributed by atoms with E-state index in [1.165, 1.54) is 152 Å². The highest BCUT2D eigenvalue weighted by atomic mass is 16.3. The van der Waals surface area contributed by atoms with Crippen LogP contribution >= 0.6 is 0 Å². The highest BCUT2D eigenvalue weighted by Gasteiger charge is 2.59. The Hall–Kier alpha value is -6.78. The average Bonchev–Trinajstić information content (AvgIpc) is 1.27. The van der Waals surface area contributed by atoms with Gasteiger partial charge in [-0.1, -0.05) is 194 Å². The predicted molar refractivity (Wildman–Crippen MR) is 349 cm³/mol. The molecule has 1 saturated carbocycles. The molecule has 6 aliphatic rings. The summed E-state index contributed by atoms with van der Waals surface area (Å²) in [6, 6.07) is 58.4. The van der Waals surface area contributed by atoms with Crippen molar-refractivity contribution in [1.29, 1.82) is 0 Å². The van der Waals surface area contributed by atoms with Gasteiger partial charge in [0.1, 0.15) is 11.2 Å². The summed E-state index contributed by atoms with van der Waals surface area (Å²) in [6.07, 6.45) is 9.62. The molecule has 0 saturated heterocycles. The zero-order valence-electron chi connectivity index (χ0n) is 51.5. The van der Waals surface area contributed by atoms with Crippen LogP contribution in [-0.2, 0) is 32.5 Å². The standard InChI is InChI=1S/C78H83BN2O/c1-47-40-65-71-66(41-47)81(62-21-19-23-68-69(62)54-20-15-16-22-67(54)82-68)63-43-50(70-53-31-26-49(48-24-28-51(29-25-48)72(2,3)4)42-56(53)77(13)34-17-18-35-78(70,77)14)27-33-60(63)79(71)61-45-58-59(76(11,12)39-38-75(58,9)10)46-64(61)80(65)52-30-32-55-57(44-52)74(7,8)37-36-73(55,5)6/h15-16,19-33,40-46,70H,17-18,34-39H2,1-14H3. The lowest BCUT2D eigenvalue weighted by atomic mass is 9.33. The number of nitrogens with zero attached hydrogens (tertiary/aromatic N) is 2. The number of furan rings is 1. The molecular formula is C78H83BN2O. The van der Waals surface area contributed by atoms with E-state index in [-0.39, 0.29) is 50.5 Å². The quantitative estimate of drug-likeness (QED) is 0.164. The van der Waals surface area contributed by atoms with Crippen molar-refractivity contribution in [3.63, 3.8) is 0 Å². The Kier molecular flexibility index (Phi) is 10.9. The lowest BCUT2D eigenvalue weighted by molar-refractivity contribution is 0.0924. The van der Waals surface area contributed by atoms with Crippen LogP contribution < -0.4 is 26.2 Å². The number of anilines is 6. The van der Waals surface area contributed by atoms with Gasteiger partial charge in [0.05, 0.1) is 11.1 Å². The van der Waals surface area contributed by atoms with Crippen molar-refractivity contribution in [2.45, 2.75) is 187 Å². The number of hydrogen-bond acceptors (Lipinski definition) is 3. The van der Waals surface area contributed by atoms with Gasteiger partial charge in [0.25, 0.3) is 6.71 Å². The van der Waals surface area contributed by atoms with Gasteiger partial charge in [-0.15, -0.1) is 0 Å². The first kappa shape index (κ1) is 52.1. The topological polar surface area (TPSA) is 19.6 Å². The maximum atomic E-state index is 6.80. The van der Waals surface area contributed by atoms with E-state index in [0.29, 0.717) is 0 Å². The molecule has 3 unspecified atom stereocenters. The SMILES string of the molecule is Cc1cc2c3c(c1)N(c1cccc4oc5ccccc5c14)c1cc(C4c5ccc(-c6ccc(C(C)(C)C)cc6)cc5C5(C)CCCCC45C)ccc1B3c1cc3c(cc1N2c1ccc2c(c1)C(C)(C)CCC2(C)C)C(C)(C)CCC3(C)C. The van der Waals surface area contributed by atoms with Crippen molar-refractivity contribution in [2.24, 2.45) is 5.41 Å². The minimum absolute atomic E-state index is 0.00443. The van der Waals surface area contributed by atoms with Crippen LogP contribution in [0.25, 0.3) is 33.1 Å². The largest absolute Gasteiger partial charge is 0.456 e. The van der Waals surface area contributed by atoms with Gasteiger partial charge in [0.15, 0.2) is 0 Å². The van der Waals surface area contributed by atoms with Gasteiger partial charge in [-0.2, -0.15) is 0 Å². The normalized spacial score (nSPS) is 23.1. The summed E-state index contributed by atoms with van der Waals surface area (Å²) in [5, 5.41) is 2.31. The Bertz CT molecular complexity index is 4180. The number of hydrogen-bond donors (Lipinski definition) is 0. The molecule has 414 valence electrons. The van der Waals surface area contributed by atoms with Crippen molar-refractivity contribution < 1.29 is 4.42 Å². The van der Waals surface area contributed by atoms with Crippen LogP contribution in [0.1, 0.15) is 197 Å². The molecule has 15 rings (SSSR count). The Labute approximate surface area is 489 Å². The molecule has 3 nitrogen and oxygen atoms in total. The molecule has 2 aliphatic heterocycles. The van der Waals surface area contributed by atoms with Crippen LogP contribution in [-0.4, -0.2) is 6.71 Å². The molecule has 4 aliphatic carbocycles. The van der Waals surface area contributed by atoms with Crippen molar-refractivity contribution >= 4 is 79.2 Å². The molecule has 3 atom stereocenters. The van der Waals surface area contributed by atoms with Gasteiger partial charge < -0.3 is 14.2 Å². The number of fused-ring (bicyclic) bond motifs is 12. The predicted octanol–water partition coefficient (Wildman–Crippen LogP) is 19.6. The second-order valence-electron chi connectivity index (χ2n) is 30.6. The molecule has 0 spiro atoms. The van der Waals surface area contributed by atoms with Crippen LogP contribution in [0.5, 0.6) is 0 Å². The molecule has 1 aromatic heterocycles. The van der Waals surface area contributed by atoms with Gasteiger partial charge in [0, 0.05) is 39.7 Å². The van der Waals surface area contributed by atoms with Gasteiger partial charge in [-0.05, 0) is 216 Å². The van der Waals surface area contributed by atoms with E-state index < -0.39 is 0 Å². The lowest BCUT2D eigenvalue weighted by Crippen LogP contribution is -2.62. The van der Waals surface area contributed by atoms with Crippen LogP contribution in [0.3, 0.4) is 0 Å². The fraction of sp³-hybridized carbons (Fsp3) is 0.385. The minimum Gasteiger partial charge on any atom is -0.456 e. The zero-order chi connectivity index (χ0) is 57.0. The van der Waals surface area contributed by atoms with E-state index in [1.54, 1.807) is 5.56 Å². The second kappa shape index (κ2) is 17.2. The number of benzene rings is 8. The molecule has 1 fully saturated rings. The molecule has 3 heterocycles. The smallest absolute Gasteiger partial charge is 0.252 e. The van der Waals surface area contributed by atoms with Crippen molar-refractivity contribution in [2.75, 3.05) is 9.80 Å². The Balaban J connectivity index is 1.01. The van der Waals surface area contributed by atoms with Crippen molar-refractivity contribution in [3.8, 4) is 11.1 Å². The van der Waals surface area contributed by atoms with E-state index in [2.05, 4.69) is 252 Å². The van der Waals surface area contributed by atoms with E-state index in [0.717, 1.165) is 27.6 Å². The fourth-order valence-electron chi connectivity index (χ4n) is 17.5. The number of para-hydroxylation sites is 1. The number of rotatable bonds is 4. The molecular weight excluding hydrogens is 992 g/mol. The fourth-order valence-corrected chi connectivity index (χ4v) is 17.5. The van der Waals surface area contributed by atoms with Crippen LogP contribution in [0.2, 0.25) is 0 Å². The Morgan fingerprint density at radius 2 is 1.10 bits per heavy atom. The Morgan fingerprint density at radius 1 is 0.476 bits per heavy atom. The van der Waals surface area contributed by atoms with Crippen molar-refractivity contribution in [1.82, 2.24) is 0 Å². The summed E-state index contributed by atoms with van der Waals surface area (Å²) >= 11 is 0.